The van der Waals surface area contributed by atoms with Crippen LogP contribution in [-0.4, -0.2) is 4.98 Å². The van der Waals surface area contributed by atoms with Crippen molar-refractivity contribution in [3.05, 3.63) is 39.1 Å². The fourth-order valence-electron chi connectivity index (χ4n) is 0.950. The van der Waals surface area contributed by atoms with E-state index in [1.165, 1.54) is 4.88 Å². The molecule has 0 aromatic carbocycles. The molecule has 2 rings (SSSR count). The lowest BCUT2D eigenvalue weighted by atomic mass is 10.3. The number of hydrogen-bond donors (Lipinski definition) is 0. The third kappa shape index (κ3) is 1.76. The largest absolute Gasteiger partial charge is 0.469 e. The first-order chi connectivity index (χ1) is 5.84. The zero-order valence-electron chi connectivity index (χ0n) is 6.16. The van der Waals surface area contributed by atoms with Crippen molar-refractivity contribution in [1.82, 2.24) is 4.98 Å². The molecule has 4 heteroatoms. The van der Waals surface area contributed by atoms with Gasteiger partial charge < -0.3 is 4.42 Å². The van der Waals surface area contributed by atoms with Gasteiger partial charge in [-0.1, -0.05) is 0 Å². The first-order valence-corrected chi connectivity index (χ1v) is 5.08. The number of aromatic nitrogens is 1. The van der Waals surface area contributed by atoms with Crippen LogP contribution in [-0.2, 0) is 6.42 Å². The fourth-order valence-corrected chi connectivity index (χ4v) is 2.32. The van der Waals surface area contributed by atoms with Crippen molar-refractivity contribution in [2.45, 2.75) is 6.42 Å². The number of halogens is 1. The molecule has 2 heterocycles. The number of hydrogen-bond acceptors (Lipinski definition) is 3. The Bertz CT molecular complexity index is 355. The highest BCUT2D eigenvalue weighted by Crippen LogP contribution is 2.21. The number of furan rings is 1. The zero-order valence-corrected chi connectivity index (χ0v) is 8.56. The summed E-state index contributed by atoms with van der Waals surface area (Å²) < 4.78 is 6.13. The van der Waals surface area contributed by atoms with Gasteiger partial charge in [0.15, 0.2) is 3.92 Å². The van der Waals surface area contributed by atoms with E-state index in [9.17, 15) is 0 Å². The quantitative estimate of drug-likeness (QED) is 0.811. The Morgan fingerprint density at radius 2 is 2.50 bits per heavy atom. The van der Waals surface area contributed by atoms with Crippen LogP contribution in [0.15, 0.2) is 32.9 Å². The zero-order chi connectivity index (χ0) is 8.39. The summed E-state index contributed by atoms with van der Waals surface area (Å²) in [5, 5.41) is 0. The van der Waals surface area contributed by atoms with E-state index in [2.05, 4.69) is 20.9 Å². The Morgan fingerprint density at radius 3 is 3.08 bits per heavy atom. The summed E-state index contributed by atoms with van der Waals surface area (Å²) >= 11 is 4.94. The van der Waals surface area contributed by atoms with Crippen LogP contribution in [0, 0.1) is 0 Å². The number of thiazole rings is 1. The standard InChI is InChI=1S/C8H6BrNOS/c9-8-10-5-7(12-8)4-6-2-1-3-11-6/h1-3,5H,4H2. The first-order valence-electron chi connectivity index (χ1n) is 3.47. The maximum atomic E-state index is 5.21. The van der Waals surface area contributed by atoms with E-state index in [1.807, 2.05) is 18.3 Å². The van der Waals surface area contributed by atoms with Gasteiger partial charge >= 0.3 is 0 Å². The summed E-state index contributed by atoms with van der Waals surface area (Å²) in [6, 6.07) is 3.86. The molecule has 0 amide bonds. The highest BCUT2D eigenvalue weighted by Gasteiger charge is 2.01. The highest BCUT2D eigenvalue weighted by molar-refractivity contribution is 9.11. The summed E-state index contributed by atoms with van der Waals surface area (Å²) in [4.78, 5) is 5.30. The molecule has 0 aliphatic rings. The molecule has 0 saturated carbocycles. The maximum absolute atomic E-state index is 5.21. The third-order valence-electron chi connectivity index (χ3n) is 1.45. The lowest BCUT2D eigenvalue weighted by Crippen LogP contribution is -1.78. The average Bonchev–Trinajstić information content (AvgIpc) is 2.63. The van der Waals surface area contributed by atoms with Gasteiger partial charge in [-0.2, -0.15) is 0 Å². The predicted molar refractivity (Wildman–Crippen MR) is 51.3 cm³/mol. The van der Waals surface area contributed by atoms with E-state index in [0.29, 0.717) is 0 Å². The summed E-state index contributed by atoms with van der Waals surface area (Å²) in [6.07, 6.45) is 4.37. The normalized spacial score (nSPS) is 10.4. The molecule has 62 valence electrons. The number of rotatable bonds is 2. The van der Waals surface area contributed by atoms with Crippen molar-refractivity contribution in [3.63, 3.8) is 0 Å². The van der Waals surface area contributed by atoms with Gasteiger partial charge in [-0.05, 0) is 28.1 Å². The smallest absolute Gasteiger partial charge is 0.159 e. The lowest BCUT2D eigenvalue weighted by molar-refractivity contribution is 0.522. The van der Waals surface area contributed by atoms with Crippen LogP contribution in [0.4, 0.5) is 0 Å². The van der Waals surface area contributed by atoms with Crippen LogP contribution in [0.5, 0.6) is 0 Å². The SMILES string of the molecule is Brc1ncc(Cc2ccco2)s1. The Kier molecular flexibility index (Phi) is 2.28. The molecule has 0 bridgehead atoms. The van der Waals surface area contributed by atoms with Gasteiger partial charge in [-0.25, -0.2) is 4.98 Å². The van der Waals surface area contributed by atoms with Crippen molar-refractivity contribution in [1.29, 1.82) is 0 Å². The van der Waals surface area contributed by atoms with Crippen molar-refractivity contribution >= 4 is 27.3 Å². The maximum Gasteiger partial charge on any atom is 0.159 e. The Labute approximate surface area is 82.4 Å². The predicted octanol–water partition coefficient (Wildman–Crippen LogP) is 3.09. The van der Waals surface area contributed by atoms with Crippen LogP contribution in [0.2, 0.25) is 0 Å². The third-order valence-corrected chi connectivity index (χ3v) is 2.93. The summed E-state index contributed by atoms with van der Waals surface area (Å²) in [5.74, 6) is 0.978. The van der Waals surface area contributed by atoms with Gasteiger partial charge in [0.1, 0.15) is 5.76 Å². The average molecular weight is 244 g/mol. The van der Waals surface area contributed by atoms with Crippen LogP contribution in [0.1, 0.15) is 10.6 Å². The second kappa shape index (κ2) is 3.41. The molecule has 2 nitrogen and oxygen atoms in total. The minimum absolute atomic E-state index is 0.830. The molecule has 0 spiro atoms. The molecule has 0 radical (unpaired) electrons. The van der Waals surface area contributed by atoms with Gasteiger partial charge in [0.05, 0.1) is 6.26 Å². The molecule has 12 heavy (non-hydrogen) atoms. The molecule has 0 N–H and O–H groups in total. The monoisotopic (exact) mass is 243 g/mol. The Morgan fingerprint density at radius 1 is 1.58 bits per heavy atom. The van der Waals surface area contributed by atoms with Gasteiger partial charge in [0, 0.05) is 17.5 Å². The Hall–Kier alpha value is -0.610. The molecule has 0 saturated heterocycles. The second-order valence-electron chi connectivity index (χ2n) is 2.34. The van der Waals surface area contributed by atoms with Gasteiger partial charge in [0.25, 0.3) is 0 Å². The van der Waals surface area contributed by atoms with E-state index < -0.39 is 0 Å². The molecule has 2 aromatic rings. The molecular weight excluding hydrogens is 238 g/mol. The van der Waals surface area contributed by atoms with E-state index in [1.54, 1.807) is 17.6 Å². The van der Waals surface area contributed by atoms with Crippen molar-refractivity contribution in [3.8, 4) is 0 Å². The lowest BCUT2D eigenvalue weighted by Gasteiger charge is -1.89. The molecule has 0 aliphatic heterocycles. The summed E-state index contributed by atoms with van der Waals surface area (Å²) in [5.41, 5.74) is 0. The number of nitrogens with zero attached hydrogens (tertiary/aromatic N) is 1. The molecule has 0 aliphatic carbocycles. The summed E-state index contributed by atoms with van der Waals surface area (Å²) in [7, 11) is 0. The second-order valence-corrected chi connectivity index (χ2v) is 4.73. The van der Waals surface area contributed by atoms with Crippen molar-refractivity contribution < 1.29 is 4.42 Å². The van der Waals surface area contributed by atoms with E-state index in [-0.39, 0.29) is 0 Å². The fraction of sp³-hybridized carbons (Fsp3) is 0.125. The molecule has 0 fully saturated rings. The molecule has 2 aromatic heterocycles. The van der Waals surface area contributed by atoms with E-state index in [4.69, 9.17) is 4.42 Å². The van der Waals surface area contributed by atoms with Gasteiger partial charge in [-0.3, -0.25) is 0 Å². The van der Waals surface area contributed by atoms with Crippen LogP contribution in [0.3, 0.4) is 0 Å². The minimum Gasteiger partial charge on any atom is -0.469 e. The summed E-state index contributed by atoms with van der Waals surface area (Å²) in [6.45, 7) is 0. The Balaban J connectivity index is 2.14. The molecule has 0 unspecified atom stereocenters. The molecule has 0 atom stereocenters. The highest BCUT2D eigenvalue weighted by atomic mass is 79.9. The molecular formula is C8H6BrNOS. The van der Waals surface area contributed by atoms with Gasteiger partial charge in [0.2, 0.25) is 0 Å². The van der Waals surface area contributed by atoms with Crippen LogP contribution >= 0.6 is 27.3 Å². The van der Waals surface area contributed by atoms with Crippen molar-refractivity contribution in [2.75, 3.05) is 0 Å². The van der Waals surface area contributed by atoms with Crippen molar-refractivity contribution in [2.24, 2.45) is 0 Å². The van der Waals surface area contributed by atoms with E-state index in [0.717, 1.165) is 16.1 Å². The first kappa shape index (κ1) is 8.01. The van der Waals surface area contributed by atoms with Crippen LogP contribution in [0.25, 0.3) is 0 Å². The topological polar surface area (TPSA) is 26.0 Å². The van der Waals surface area contributed by atoms with Gasteiger partial charge in [-0.15, -0.1) is 11.3 Å². The minimum atomic E-state index is 0.830. The van der Waals surface area contributed by atoms with Crippen LogP contribution < -0.4 is 0 Å². The van der Waals surface area contributed by atoms with E-state index >= 15 is 0 Å².